The van der Waals surface area contributed by atoms with Gasteiger partial charge < -0.3 is 0 Å². The van der Waals surface area contributed by atoms with Crippen LogP contribution in [0, 0.1) is 5.92 Å². The van der Waals surface area contributed by atoms with E-state index in [0.29, 0.717) is 0 Å². The predicted octanol–water partition coefficient (Wildman–Crippen LogP) is 3.72. The van der Waals surface area contributed by atoms with E-state index in [-0.39, 0.29) is 0 Å². The van der Waals surface area contributed by atoms with Gasteiger partial charge in [-0.25, -0.2) is 0 Å². The Kier molecular flexibility index (Phi) is 5.54. The Labute approximate surface area is 70.3 Å². The molecule has 0 N–H and O–H groups in total. The van der Waals surface area contributed by atoms with Crippen molar-refractivity contribution in [1.29, 1.82) is 0 Å². The minimum Gasteiger partial charge on any atom is -0.0991 e. The average molecular weight is 150 g/mol. The molecule has 0 aliphatic carbocycles. The Morgan fingerprint density at radius 3 is 2.55 bits per heavy atom. The highest BCUT2D eigenvalue weighted by Gasteiger charge is 1.86. The topological polar surface area (TPSA) is 0 Å². The molecule has 0 aromatic rings. The van der Waals surface area contributed by atoms with Gasteiger partial charge in [-0.05, 0) is 19.3 Å². The second kappa shape index (κ2) is 5.96. The van der Waals surface area contributed by atoms with Crippen LogP contribution in [0.4, 0.5) is 0 Å². The maximum atomic E-state index is 3.63. The third-order valence-corrected chi connectivity index (χ3v) is 1.37. The van der Waals surface area contributed by atoms with E-state index >= 15 is 0 Å². The van der Waals surface area contributed by atoms with Crippen molar-refractivity contribution in [2.24, 2.45) is 5.92 Å². The summed E-state index contributed by atoms with van der Waals surface area (Å²) in [4.78, 5) is 0. The zero-order valence-electron chi connectivity index (χ0n) is 7.80. The van der Waals surface area contributed by atoms with Crippen molar-refractivity contribution in [3.8, 4) is 0 Å². The molecule has 0 aromatic carbocycles. The molecule has 0 aliphatic heterocycles. The summed E-state index contributed by atoms with van der Waals surface area (Å²) < 4.78 is 0. The van der Waals surface area contributed by atoms with Gasteiger partial charge in [-0.3, -0.25) is 0 Å². The highest BCUT2D eigenvalue weighted by atomic mass is 13.9. The van der Waals surface area contributed by atoms with Gasteiger partial charge >= 0.3 is 0 Å². The van der Waals surface area contributed by atoms with Crippen molar-refractivity contribution < 1.29 is 0 Å². The maximum absolute atomic E-state index is 3.63. The van der Waals surface area contributed by atoms with Crippen molar-refractivity contribution in [2.75, 3.05) is 0 Å². The first-order chi connectivity index (χ1) is 5.16. The molecule has 0 atom stereocenters. The molecule has 0 saturated heterocycles. The largest absolute Gasteiger partial charge is 0.0991 e. The minimum atomic E-state index is 0.753. The summed E-state index contributed by atoms with van der Waals surface area (Å²) in [7, 11) is 0. The van der Waals surface area contributed by atoms with E-state index in [1.165, 1.54) is 5.57 Å². The molecule has 0 unspecified atom stereocenters. The molecule has 0 heterocycles. The van der Waals surface area contributed by atoms with E-state index in [2.05, 4.69) is 39.5 Å². The number of allylic oxidation sites excluding steroid dienone is 5. The molecule has 0 saturated carbocycles. The van der Waals surface area contributed by atoms with Gasteiger partial charge in [0, 0.05) is 0 Å². The molecule has 62 valence electrons. The normalized spacial score (nSPS) is 12.9. The molecule has 0 aromatic heterocycles. The summed E-state index contributed by atoms with van der Waals surface area (Å²) in [6.45, 7) is 10.2. The maximum Gasteiger partial charge on any atom is -0.0324 e. The lowest BCUT2D eigenvalue weighted by molar-refractivity contribution is 0.663. The summed E-state index contributed by atoms with van der Waals surface area (Å²) in [5, 5.41) is 0. The van der Waals surface area contributed by atoms with Gasteiger partial charge in [0.15, 0.2) is 0 Å². The number of hydrogen-bond acceptors (Lipinski definition) is 0. The van der Waals surface area contributed by atoms with Crippen LogP contribution in [0.5, 0.6) is 0 Å². The first-order valence-corrected chi connectivity index (χ1v) is 4.12. The molecule has 0 aliphatic rings. The van der Waals surface area contributed by atoms with Gasteiger partial charge in [-0.1, -0.05) is 50.3 Å². The molecule has 11 heavy (non-hydrogen) atoms. The Bertz CT molecular complexity index is 159. The Hall–Kier alpha value is -0.780. The van der Waals surface area contributed by atoms with Crippen molar-refractivity contribution >= 4 is 0 Å². The van der Waals surface area contributed by atoms with Crippen LogP contribution in [0.15, 0.2) is 36.5 Å². The van der Waals surface area contributed by atoms with Gasteiger partial charge in [0.25, 0.3) is 0 Å². The second-order valence-corrected chi connectivity index (χ2v) is 3.18. The monoisotopic (exact) mass is 150 g/mol. The van der Waals surface area contributed by atoms with Gasteiger partial charge in [0.1, 0.15) is 0 Å². The zero-order valence-corrected chi connectivity index (χ0v) is 7.80. The van der Waals surface area contributed by atoms with E-state index in [4.69, 9.17) is 0 Å². The quantitative estimate of drug-likeness (QED) is 0.536. The second-order valence-electron chi connectivity index (χ2n) is 3.18. The van der Waals surface area contributed by atoms with Crippen LogP contribution < -0.4 is 0 Å². The Morgan fingerprint density at radius 1 is 1.45 bits per heavy atom. The van der Waals surface area contributed by atoms with E-state index in [1.807, 2.05) is 12.2 Å². The summed E-state index contributed by atoms with van der Waals surface area (Å²) in [6, 6.07) is 0. The van der Waals surface area contributed by atoms with E-state index in [0.717, 1.165) is 12.3 Å². The van der Waals surface area contributed by atoms with E-state index < -0.39 is 0 Å². The lowest BCUT2D eigenvalue weighted by Crippen LogP contribution is -1.81. The SMILES string of the molecule is C=C/C=C(C)/C=C/CC(C)C. The van der Waals surface area contributed by atoms with Gasteiger partial charge in [0.05, 0.1) is 0 Å². The predicted molar refractivity (Wildman–Crippen MR) is 52.5 cm³/mol. The van der Waals surface area contributed by atoms with Crippen molar-refractivity contribution in [3.63, 3.8) is 0 Å². The molecule has 0 rings (SSSR count). The van der Waals surface area contributed by atoms with E-state index in [9.17, 15) is 0 Å². The van der Waals surface area contributed by atoms with Crippen LogP contribution in [0.3, 0.4) is 0 Å². The van der Waals surface area contributed by atoms with Crippen LogP contribution in [0.25, 0.3) is 0 Å². The first kappa shape index (κ1) is 10.2. The summed E-state index contributed by atoms with van der Waals surface area (Å²) in [5.41, 5.74) is 1.26. The van der Waals surface area contributed by atoms with Crippen LogP contribution >= 0.6 is 0 Å². The summed E-state index contributed by atoms with van der Waals surface area (Å²) in [5.74, 6) is 0.753. The summed E-state index contributed by atoms with van der Waals surface area (Å²) >= 11 is 0. The molecule has 0 fully saturated rings. The molecule has 0 nitrogen and oxygen atoms in total. The Balaban J connectivity index is 3.73. The van der Waals surface area contributed by atoms with Crippen LogP contribution in [0.1, 0.15) is 27.2 Å². The van der Waals surface area contributed by atoms with Crippen molar-refractivity contribution in [1.82, 2.24) is 0 Å². The van der Waals surface area contributed by atoms with Crippen LogP contribution in [0.2, 0.25) is 0 Å². The standard InChI is InChI=1S/C11H18/c1-5-7-11(4)9-6-8-10(2)3/h5-7,9-10H,1,8H2,2-4H3/b9-6+,11-7+. The average Bonchev–Trinajstić information content (AvgIpc) is 1.87. The molecule has 0 spiro atoms. The molecule has 0 radical (unpaired) electrons. The Morgan fingerprint density at radius 2 is 2.09 bits per heavy atom. The third kappa shape index (κ3) is 7.11. The van der Waals surface area contributed by atoms with Crippen molar-refractivity contribution in [3.05, 3.63) is 36.5 Å². The lowest BCUT2D eigenvalue weighted by Gasteiger charge is -1.96. The molecule has 0 amide bonds. The highest BCUT2D eigenvalue weighted by molar-refractivity contribution is 5.20. The fourth-order valence-corrected chi connectivity index (χ4v) is 0.768. The number of hydrogen-bond donors (Lipinski definition) is 0. The zero-order chi connectivity index (χ0) is 8.69. The fourth-order valence-electron chi connectivity index (χ4n) is 0.768. The van der Waals surface area contributed by atoms with Crippen LogP contribution in [-0.2, 0) is 0 Å². The molecule has 0 bridgehead atoms. The number of rotatable bonds is 4. The molecular weight excluding hydrogens is 132 g/mol. The molecular formula is C11H18. The molecule has 0 heteroatoms. The minimum absolute atomic E-state index is 0.753. The lowest BCUT2D eigenvalue weighted by atomic mass is 10.1. The van der Waals surface area contributed by atoms with E-state index in [1.54, 1.807) is 0 Å². The third-order valence-electron chi connectivity index (χ3n) is 1.37. The highest BCUT2D eigenvalue weighted by Crippen LogP contribution is 2.02. The van der Waals surface area contributed by atoms with Gasteiger partial charge in [0.2, 0.25) is 0 Å². The first-order valence-electron chi connectivity index (χ1n) is 4.12. The van der Waals surface area contributed by atoms with Crippen LogP contribution in [-0.4, -0.2) is 0 Å². The fraction of sp³-hybridized carbons (Fsp3) is 0.455. The smallest absolute Gasteiger partial charge is 0.0324 e. The van der Waals surface area contributed by atoms with Gasteiger partial charge in [-0.15, -0.1) is 0 Å². The summed E-state index contributed by atoms with van der Waals surface area (Å²) in [6.07, 6.45) is 9.33. The van der Waals surface area contributed by atoms with Crippen molar-refractivity contribution in [2.45, 2.75) is 27.2 Å². The van der Waals surface area contributed by atoms with Gasteiger partial charge in [-0.2, -0.15) is 0 Å².